The summed E-state index contributed by atoms with van der Waals surface area (Å²) in [5.41, 5.74) is 0. The van der Waals surface area contributed by atoms with Gasteiger partial charge in [0.05, 0.1) is 12.6 Å². The van der Waals surface area contributed by atoms with Crippen molar-refractivity contribution in [3.05, 3.63) is 0 Å². The molecule has 0 aliphatic heterocycles. The second-order valence-corrected chi connectivity index (χ2v) is 3.86. The molecular formula is C11H22N2O4. The number of carbonyl (C=O) groups excluding carboxylic acids is 1. The first-order chi connectivity index (χ1) is 8.04. The number of amides is 2. The summed E-state index contributed by atoms with van der Waals surface area (Å²) in [5.74, 6) is -1.03. The number of carboxylic acid groups (broad SMARTS) is 1. The van der Waals surface area contributed by atoms with Gasteiger partial charge in [-0.3, -0.25) is 0 Å². The number of hydrogen-bond donors (Lipinski definition) is 3. The Morgan fingerprint density at radius 1 is 1.29 bits per heavy atom. The molecule has 0 bridgehead atoms. The van der Waals surface area contributed by atoms with E-state index in [0.717, 1.165) is 12.8 Å². The standard InChI is InChI=1S/C11H22N2O4/c1-4-6-8(7-17-3)12-11(16)13-9(5-2)10(14)15/h8-9H,4-7H2,1-3H3,(H,14,15)(H2,12,13,16)/t8?,9-/m0/s1. The maximum atomic E-state index is 11.5. The Morgan fingerprint density at radius 2 is 1.94 bits per heavy atom. The van der Waals surface area contributed by atoms with Crippen molar-refractivity contribution in [1.82, 2.24) is 10.6 Å². The van der Waals surface area contributed by atoms with Crippen molar-refractivity contribution in [2.45, 2.75) is 45.2 Å². The van der Waals surface area contributed by atoms with E-state index in [-0.39, 0.29) is 6.04 Å². The third-order valence-electron chi connectivity index (χ3n) is 2.35. The minimum atomic E-state index is -1.03. The van der Waals surface area contributed by atoms with Gasteiger partial charge in [-0.1, -0.05) is 20.3 Å². The molecule has 0 aromatic carbocycles. The maximum Gasteiger partial charge on any atom is 0.326 e. The van der Waals surface area contributed by atoms with Gasteiger partial charge < -0.3 is 20.5 Å². The highest BCUT2D eigenvalue weighted by molar-refractivity contribution is 5.82. The van der Waals surface area contributed by atoms with Crippen LogP contribution in [0.5, 0.6) is 0 Å². The number of aliphatic carboxylic acids is 1. The summed E-state index contributed by atoms with van der Waals surface area (Å²) in [6, 6.07) is -1.40. The smallest absolute Gasteiger partial charge is 0.326 e. The van der Waals surface area contributed by atoms with E-state index in [0.29, 0.717) is 13.0 Å². The second-order valence-electron chi connectivity index (χ2n) is 3.86. The molecule has 0 aliphatic carbocycles. The Hall–Kier alpha value is -1.30. The molecule has 0 radical (unpaired) electrons. The molecule has 3 N–H and O–H groups in total. The predicted molar refractivity (Wildman–Crippen MR) is 64.0 cm³/mol. The number of hydrogen-bond acceptors (Lipinski definition) is 3. The monoisotopic (exact) mass is 246 g/mol. The largest absolute Gasteiger partial charge is 0.480 e. The van der Waals surface area contributed by atoms with E-state index < -0.39 is 18.0 Å². The zero-order valence-electron chi connectivity index (χ0n) is 10.7. The molecular weight excluding hydrogens is 224 g/mol. The van der Waals surface area contributed by atoms with Gasteiger partial charge in [0.2, 0.25) is 0 Å². The van der Waals surface area contributed by atoms with Crippen molar-refractivity contribution in [2.24, 2.45) is 0 Å². The summed E-state index contributed by atoms with van der Waals surface area (Å²) in [4.78, 5) is 22.3. The number of methoxy groups -OCH3 is 1. The molecule has 17 heavy (non-hydrogen) atoms. The fourth-order valence-electron chi connectivity index (χ4n) is 1.47. The molecule has 0 rings (SSSR count). The average Bonchev–Trinajstić information content (AvgIpc) is 2.26. The van der Waals surface area contributed by atoms with Crippen LogP contribution in [0.4, 0.5) is 4.79 Å². The van der Waals surface area contributed by atoms with E-state index in [2.05, 4.69) is 10.6 Å². The number of urea groups is 1. The molecule has 0 aliphatic rings. The maximum absolute atomic E-state index is 11.5. The lowest BCUT2D eigenvalue weighted by Crippen LogP contribution is -2.49. The van der Waals surface area contributed by atoms with Gasteiger partial charge in [-0.05, 0) is 12.8 Å². The van der Waals surface area contributed by atoms with Gasteiger partial charge >= 0.3 is 12.0 Å². The summed E-state index contributed by atoms with van der Waals surface area (Å²) >= 11 is 0. The zero-order chi connectivity index (χ0) is 13.3. The average molecular weight is 246 g/mol. The van der Waals surface area contributed by atoms with Crippen molar-refractivity contribution in [1.29, 1.82) is 0 Å². The van der Waals surface area contributed by atoms with Gasteiger partial charge in [-0.25, -0.2) is 9.59 Å². The first-order valence-electron chi connectivity index (χ1n) is 5.83. The van der Waals surface area contributed by atoms with Crippen LogP contribution in [-0.2, 0) is 9.53 Å². The van der Waals surface area contributed by atoms with E-state index in [1.54, 1.807) is 14.0 Å². The van der Waals surface area contributed by atoms with Crippen LogP contribution in [0.2, 0.25) is 0 Å². The highest BCUT2D eigenvalue weighted by Gasteiger charge is 2.19. The number of carboxylic acids is 1. The molecule has 0 spiro atoms. The van der Waals surface area contributed by atoms with Crippen molar-refractivity contribution < 1.29 is 19.4 Å². The van der Waals surface area contributed by atoms with Gasteiger partial charge in [0, 0.05) is 7.11 Å². The molecule has 1 unspecified atom stereocenters. The number of nitrogens with one attached hydrogen (secondary N) is 2. The lowest BCUT2D eigenvalue weighted by atomic mass is 10.2. The summed E-state index contributed by atoms with van der Waals surface area (Å²) in [7, 11) is 1.56. The summed E-state index contributed by atoms with van der Waals surface area (Å²) in [6.45, 7) is 4.14. The zero-order valence-corrected chi connectivity index (χ0v) is 10.7. The van der Waals surface area contributed by atoms with Crippen LogP contribution in [0.15, 0.2) is 0 Å². The van der Waals surface area contributed by atoms with E-state index in [1.165, 1.54) is 0 Å². The third kappa shape index (κ3) is 6.78. The van der Waals surface area contributed by atoms with Crippen LogP contribution < -0.4 is 10.6 Å². The van der Waals surface area contributed by atoms with Gasteiger partial charge in [-0.15, -0.1) is 0 Å². The van der Waals surface area contributed by atoms with Crippen LogP contribution in [-0.4, -0.2) is 42.9 Å². The van der Waals surface area contributed by atoms with Gasteiger partial charge in [0.1, 0.15) is 6.04 Å². The second kappa shape index (κ2) is 8.81. The van der Waals surface area contributed by atoms with E-state index in [1.807, 2.05) is 6.92 Å². The Balaban J connectivity index is 4.16. The highest BCUT2D eigenvalue weighted by Crippen LogP contribution is 1.98. The molecule has 6 nitrogen and oxygen atoms in total. The van der Waals surface area contributed by atoms with E-state index in [4.69, 9.17) is 9.84 Å². The fraction of sp³-hybridized carbons (Fsp3) is 0.818. The number of carbonyl (C=O) groups is 2. The Morgan fingerprint density at radius 3 is 2.35 bits per heavy atom. The van der Waals surface area contributed by atoms with Crippen LogP contribution in [0, 0.1) is 0 Å². The normalized spacial score (nSPS) is 13.8. The Labute approximate surface area is 102 Å². The first-order valence-corrected chi connectivity index (χ1v) is 5.83. The van der Waals surface area contributed by atoms with Crippen molar-refractivity contribution in [3.63, 3.8) is 0 Å². The van der Waals surface area contributed by atoms with Crippen molar-refractivity contribution >= 4 is 12.0 Å². The van der Waals surface area contributed by atoms with Crippen LogP contribution >= 0.6 is 0 Å². The summed E-state index contributed by atoms with van der Waals surface area (Å²) in [5, 5.41) is 13.9. The van der Waals surface area contributed by atoms with Gasteiger partial charge in [0.25, 0.3) is 0 Å². The van der Waals surface area contributed by atoms with Gasteiger partial charge in [0.15, 0.2) is 0 Å². The topological polar surface area (TPSA) is 87.7 Å². The van der Waals surface area contributed by atoms with Crippen molar-refractivity contribution in [2.75, 3.05) is 13.7 Å². The Kier molecular flexibility index (Phi) is 8.13. The molecule has 0 fully saturated rings. The SMILES string of the molecule is CCCC(COC)NC(=O)N[C@@H](CC)C(=O)O. The van der Waals surface area contributed by atoms with E-state index in [9.17, 15) is 9.59 Å². The summed E-state index contributed by atoms with van der Waals surface area (Å²) in [6.07, 6.45) is 2.07. The molecule has 0 aromatic rings. The highest BCUT2D eigenvalue weighted by atomic mass is 16.5. The molecule has 0 saturated carbocycles. The van der Waals surface area contributed by atoms with Crippen molar-refractivity contribution in [3.8, 4) is 0 Å². The summed E-state index contributed by atoms with van der Waals surface area (Å²) < 4.78 is 4.98. The predicted octanol–water partition coefficient (Wildman–Crippen LogP) is 0.964. The first kappa shape index (κ1) is 15.7. The lowest BCUT2D eigenvalue weighted by Gasteiger charge is -2.19. The molecule has 6 heteroatoms. The third-order valence-corrected chi connectivity index (χ3v) is 2.35. The van der Waals surface area contributed by atoms with Gasteiger partial charge in [-0.2, -0.15) is 0 Å². The molecule has 0 saturated heterocycles. The minimum absolute atomic E-state index is 0.0868. The Bertz CT molecular complexity index is 240. The molecule has 0 heterocycles. The quantitative estimate of drug-likeness (QED) is 0.595. The lowest BCUT2D eigenvalue weighted by molar-refractivity contribution is -0.139. The number of ether oxygens (including phenoxy) is 1. The minimum Gasteiger partial charge on any atom is -0.480 e. The molecule has 2 amide bonds. The number of rotatable bonds is 8. The molecule has 2 atom stereocenters. The van der Waals surface area contributed by atoms with Crippen LogP contribution in [0.1, 0.15) is 33.1 Å². The fourth-order valence-corrected chi connectivity index (χ4v) is 1.47. The van der Waals surface area contributed by atoms with Crippen LogP contribution in [0.3, 0.4) is 0 Å². The molecule has 100 valence electrons. The van der Waals surface area contributed by atoms with Crippen LogP contribution in [0.25, 0.3) is 0 Å². The molecule has 0 aromatic heterocycles. The van der Waals surface area contributed by atoms with E-state index >= 15 is 0 Å².